The minimum Gasteiger partial charge on any atom is -0.360 e. The Morgan fingerprint density at radius 3 is 2.94 bits per heavy atom. The Hall–Kier alpha value is -0.890. The van der Waals surface area contributed by atoms with Gasteiger partial charge in [-0.05, 0) is 25.2 Å². The second-order valence-electron chi connectivity index (χ2n) is 5.98. The molecule has 4 aliphatic carbocycles. The molecule has 1 aliphatic heterocycles. The molecule has 2 fully saturated rings. The fourth-order valence-electron chi connectivity index (χ4n) is 4.47. The molecule has 1 saturated heterocycles. The monoisotopic (exact) mass is 216 g/mol. The molecule has 2 heteroatoms. The van der Waals surface area contributed by atoms with Gasteiger partial charge in [-0.1, -0.05) is 30.7 Å². The molecule has 0 aromatic heterocycles. The predicted molar refractivity (Wildman–Crippen MR) is 59.8 cm³/mol. The Kier molecular flexibility index (Phi) is 1.35. The summed E-state index contributed by atoms with van der Waals surface area (Å²) in [5.41, 5.74) is 0.767. The summed E-state index contributed by atoms with van der Waals surface area (Å²) in [5, 5.41) is 0. The van der Waals surface area contributed by atoms with Gasteiger partial charge in [-0.3, -0.25) is 4.79 Å². The molecule has 0 unspecified atom stereocenters. The highest BCUT2D eigenvalue weighted by Crippen LogP contribution is 2.66. The third kappa shape index (κ3) is 0.708. The van der Waals surface area contributed by atoms with Crippen molar-refractivity contribution in [2.75, 3.05) is 6.61 Å². The van der Waals surface area contributed by atoms with Crippen molar-refractivity contribution in [1.29, 1.82) is 0 Å². The molecule has 84 valence electrons. The van der Waals surface area contributed by atoms with Crippen LogP contribution in [0.3, 0.4) is 0 Å². The highest BCUT2D eigenvalue weighted by molar-refractivity contribution is 5.98. The minimum atomic E-state index is -0.440. The first-order valence-corrected chi connectivity index (χ1v) is 6.14. The average Bonchev–Trinajstić information content (AvgIpc) is 2.88. The molecular formula is C14H16O2. The van der Waals surface area contributed by atoms with E-state index in [2.05, 4.69) is 32.1 Å². The van der Waals surface area contributed by atoms with E-state index in [1.807, 2.05) is 0 Å². The van der Waals surface area contributed by atoms with E-state index in [0.29, 0.717) is 24.2 Å². The van der Waals surface area contributed by atoms with Gasteiger partial charge in [0.2, 0.25) is 0 Å². The minimum absolute atomic E-state index is 0.0584. The topological polar surface area (TPSA) is 29.6 Å². The van der Waals surface area contributed by atoms with Gasteiger partial charge in [0.15, 0.2) is 11.4 Å². The van der Waals surface area contributed by atoms with Crippen molar-refractivity contribution in [2.24, 2.45) is 23.2 Å². The van der Waals surface area contributed by atoms with Crippen LogP contribution in [-0.2, 0) is 9.53 Å². The van der Waals surface area contributed by atoms with Crippen LogP contribution in [0.5, 0.6) is 0 Å². The fraction of sp³-hybridized carbons (Fsp3) is 0.643. The van der Waals surface area contributed by atoms with Crippen molar-refractivity contribution in [1.82, 2.24) is 0 Å². The Balaban J connectivity index is 1.97. The van der Waals surface area contributed by atoms with Crippen LogP contribution >= 0.6 is 0 Å². The van der Waals surface area contributed by atoms with Crippen molar-refractivity contribution >= 4 is 5.78 Å². The van der Waals surface area contributed by atoms with E-state index >= 15 is 0 Å². The maximum atomic E-state index is 12.5. The number of carbonyl (C=O) groups is 1. The Labute approximate surface area is 95.4 Å². The summed E-state index contributed by atoms with van der Waals surface area (Å²) in [5.74, 6) is 1.48. The first-order chi connectivity index (χ1) is 7.60. The summed E-state index contributed by atoms with van der Waals surface area (Å²) in [6.45, 7) is 4.98. The zero-order chi connectivity index (χ0) is 11.1. The first-order valence-electron chi connectivity index (χ1n) is 6.14. The quantitative estimate of drug-likeness (QED) is 0.458. The lowest BCUT2D eigenvalue weighted by Crippen LogP contribution is -2.60. The SMILES string of the molecule is CC1=C[C@]2(C)[C@@H]3CC=C[C@@H]3[C@H]1C(=O)[C@]21CO1. The highest BCUT2D eigenvalue weighted by Gasteiger charge is 2.74. The number of Topliss-reactive ketones (excluding diaryl/α,β-unsaturated/α-hetero) is 1. The summed E-state index contributed by atoms with van der Waals surface area (Å²) in [6.07, 6.45) is 7.96. The van der Waals surface area contributed by atoms with Crippen LogP contribution in [0, 0.1) is 23.2 Å². The lowest BCUT2D eigenvalue weighted by Gasteiger charge is -2.53. The van der Waals surface area contributed by atoms with Crippen molar-refractivity contribution < 1.29 is 9.53 Å². The normalized spacial score (nSPS) is 56.8. The smallest absolute Gasteiger partial charge is 0.175 e. The van der Waals surface area contributed by atoms with Crippen LogP contribution in [-0.4, -0.2) is 18.0 Å². The molecule has 0 amide bonds. The van der Waals surface area contributed by atoms with E-state index in [9.17, 15) is 4.79 Å². The Morgan fingerprint density at radius 1 is 1.50 bits per heavy atom. The van der Waals surface area contributed by atoms with Crippen LogP contribution in [0.15, 0.2) is 23.8 Å². The van der Waals surface area contributed by atoms with Crippen LogP contribution in [0.25, 0.3) is 0 Å². The lowest BCUT2D eigenvalue weighted by atomic mass is 9.48. The average molecular weight is 216 g/mol. The molecule has 5 atom stereocenters. The van der Waals surface area contributed by atoms with Gasteiger partial charge in [0.05, 0.1) is 6.61 Å². The van der Waals surface area contributed by atoms with E-state index in [4.69, 9.17) is 4.74 Å². The number of hydrogen-bond donors (Lipinski definition) is 0. The molecule has 0 radical (unpaired) electrons. The van der Waals surface area contributed by atoms with Crippen molar-refractivity contribution in [2.45, 2.75) is 25.9 Å². The fourth-order valence-corrected chi connectivity index (χ4v) is 4.47. The molecule has 2 bridgehead atoms. The standard InChI is InChI=1S/C14H16O2/c1-8-6-13(2)10-5-3-4-9(10)11(8)12(15)14(13)7-16-14/h3-4,6,9-11H,5,7H2,1-2H3/t9-,10+,11-,13+,14+/m0/s1. The molecule has 0 aromatic rings. The summed E-state index contributed by atoms with van der Waals surface area (Å²) in [4.78, 5) is 12.5. The maximum absolute atomic E-state index is 12.5. The molecule has 16 heavy (non-hydrogen) atoms. The molecule has 5 aliphatic rings. The number of allylic oxidation sites excluding steroid dienone is 3. The van der Waals surface area contributed by atoms with Gasteiger partial charge in [0.25, 0.3) is 0 Å². The second-order valence-corrected chi connectivity index (χ2v) is 5.98. The third-order valence-electron chi connectivity index (χ3n) is 5.37. The molecule has 0 N–H and O–H groups in total. The van der Waals surface area contributed by atoms with Gasteiger partial charge in [0, 0.05) is 11.3 Å². The summed E-state index contributed by atoms with van der Waals surface area (Å²) in [7, 11) is 0. The molecule has 1 spiro atoms. The van der Waals surface area contributed by atoms with Crippen LogP contribution in [0.2, 0.25) is 0 Å². The number of ketones is 1. The van der Waals surface area contributed by atoms with Gasteiger partial charge in [-0.25, -0.2) is 0 Å². The molecule has 0 aromatic carbocycles. The summed E-state index contributed by atoms with van der Waals surface area (Å²) < 4.78 is 5.62. The van der Waals surface area contributed by atoms with Gasteiger partial charge in [-0.15, -0.1) is 0 Å². The van der Waals surface area contributed by atoms with Crippen LogP contribution in [0.1, 0.15) is 20.3 Å². The van der Waals surface area contributed by atoms with Crippen molar-refractivity contribution in [3.8, 4) is 0 Å². The zero-order valence-corrected chi connectivity index (χ0v) is 9.69. The van der Waals surface area contributed by atoms with Gasteiger partial charge < -0.3 is 4.74 Å². The van der Waals surface area contributed by atoms with E-state index in [-0.39, 0.29) is 11.3 Å². The summed E-state index contributed by atoms with van der Waals surface area (Å²) >= 11 is 0. The van der Waals surface area contributed by atoms with E-state index in [1.54, 1.807) is 0 Å². The van der Waals surface area contributed by atoms with Crippen molar-refractivity contribution in [3.63, 3.8) is 0 Å². The lowest BCUT2D eigenvalue weighted by molar-refractivity contribution is -0.142. The number of epoxide rings is 1. The maximum Gasteiger partial charge on any atom is 0.175 e. The molecule has 1 heterocycles. The van der Waals surface area contributed by atoms with Gasteiger partial charge in [-0.2, -0.15) is 0 Å². The molecule has 1 saturated carbocycles. The number of rotatable bonds is 0. The number of ether oxygens (including phenoxy) is 1. The first kappa shape index (κ1) is 9.17. The van der Waals surface area contributed by atoms with Crippen molar-refractivity contribution in [3.05, 3.63) is 23.8 Å². The van der Waals surface area contributed by atoms with E-state index in [0.717, 1.165) is 6.42 Å². The van der Waals surface area contributed by atoms with Gasteiger partial charge >= 0.3 is 0 Å². The highest BCUT2D eigenvalue weighted by atomic mass is 16.6. The van der Waals surface area contributed by atoms with Gasteiger partial charge in [0.1, 0.15) is 0 Å². The third-order valence-corrected chi connectivity index (χ3v) is 5.37. The second kappa shape index (κ2) is 2.35. The Bertz CT molecular complexity index is 455. The number of hydrogen-bond acceptors (Lipinski definition) is 2. The zero-order valence-electron chi connectivity index (χ0n) is 9.69. The van der Waals surface area contributed by atoms with Crippen LogP contribution in [0.4, 0.5) is 0 Å². The Morgan fingerprint density at radius 2 is 2.25 bits per heavy atom. The molecular weight excluding hydrogens is 200 g/mol. The van der Waals surface area contributed by atoms with E-state index < -0.39 is 5.60 Å². The predicted octanol–water partition coefficient (Wildman–Crippen LogP) is 2.11. The largest absolute Gasteiger partial charge is 0.360 e. The molecule has 2 nitrogen and oxygen atoms in total. The van der Waals surface area contributed by atoms with E-state index in [1.165, 1.54) is 5.57 Å². The molecule has 5 rings (SSSR count). The number of carbonyl (C=O) groups excluding carboxylic acids is 1. The summed E-state index contributed by atoms with van der Waals surface area (Å²) in [6, 6.07) is 0. The van der Waals surface area contributed by atoms with Crippen LogP contribution < -0.4 is 0 Å².